The van der Waals surface area contributed by atoms with Gasteiger partial charge in [-0.2, -0.15) is 0 Å². The average molecular weight is 372 g/mol. The van der Waals surface area contributed by atoms with Gasteiger partial charge in [0.25, 0.3) is 5.56 Å². The number of halogens is 2. The van der Waals surface area contributed by atoms with Gasteiger partial charge in [-0.25, -0.2) is 4.98 Å². The van der Waals surface area contributed by atoms with Gasteiger partial charge in [0.1, 0.15) is 5.82 Å². The molecule has 0 atom stereocenters. The summed E-state index contributed by atoms with van der Waals surface area (Å²) in [6.07, 6.45) is 0. The van der Waals surface area contributed by atoms with E-state index < -0.39 is 0 Å². The lowest BCUT2D eigenvalue weighted by molar-refractivity contribution is 0.812. The Hall–Kier alpha value is -0.940. The fourth-order valence-corrected chi connectivity index (χ4v) is 2.18. The van der Waals surface area contributed by atoms with Crippen LogP contribution < -0.4 is 5.56 Å². The van der Waals surface area contributed by atoms with E-state index in [0.29, 0.717) is 5.82 Å². The zero-order valence-corrected chi connectivity index (χ0v) is 13.2. The van der Waals surface area contributed by atoms with Crippen LogP contribution >= 0.6 is 31.9 Å². The second-order valence-corrected chi connectivity index (χ2v) is 6.01. The number of hydrogen-bond donors (Lipinski definition) is 1. The smallest absolute Gasteiger partial charge is 0.251 e. The highest BCUT2D eigenvalue weighted by molar-refractivity contribution is 9.13. The summed E-state index contributed by atoms with van der Waals surface area (Å²) in [6, 6.07) is 7.30. The molecule has 0 fully saturated rings. The van der Waals surface area contributed by atoms with E-state index in [1.54, 1.807) is 6.07 Å². The van der Waals surface area contributed by atoms with Crippen molar-refractivity contribution < 1.29 is 0 Å². The van der Waals surface area contributed by atoms with E-state index in [0.717, 1.165) is 20.2 Å². The molecule has 2 rings (SSSR count). The van der Waals surface area contributed by atoms with Gasteiger partial charge < -0.3 is 4.98 Å². The molecular weight excluding hydrogens is 360 g/mol. The van der Waals surface area contributed by atoms with E-state index in [-0.39, 0.29) is 11.5 Å². The van der Waals surface area contributed by atoms with E-state index >= 15 is 0 Å². The van der Waals surface area contributed by atoms with Crippen molar-refractivity contribution in [2.24, 2.45) is 0 Å². The Morgan fingerprint density at radius 1 is 1.17 bits per heavy atom. The number of nitrogens with one attached hydrogen (secondary N) is 1. The molecule has 5 heteroatoms. The van der Waals surface area contributed by atoms with E-state index in [1.807, 2.05) is 32.0 Å². The minimum atomic E-state index is -0.122. The zero-order valence-electron chi connectivity index (χ0n) is 10.00. The van der Waals surface area contributed by atoms with Gasteiger partial charge in [-0.3, -0.25) is 4.79 Å². The first-order valence-corrected chi connectivity index (χ1v) is 7.12. The molecule has 1 aromatic carbocycles. The first-order chi connectivity index (χ1) is 8.47. The number of aromatic nitrogens is 2. The van der Waals surface area contributed by atoms with Crippen LogP contribution in [0.5, 0.6) is 0 Å². The van der Waals surface area contributed by atoms with Crippen LogP contribution in [0.1, 0.15) is 25.5 Å². The molecule has 18 heavy (non-hydrogen) atoms. The second kappa shape index (κ2) is 5.36. The largest absolute Gasteiger partial charge is 0.307 e. The summed E-state index contributed by atoms with van der Waals surface area (Å²) in [7, 11) is 0. The molecule has 0 aliphatic heterocycles. The van der Waals surface area contributed by atoms with Crippen LogP contribution in [0.3, 0.4) is 0 Å². The van der Waals surface area contributed by atoms with E-state index in [9.17, 15) is 4.79 Å². The van der Waals surface area contributed by atoms with Crippen molar-refractivity contribution in [2.45, 2.75) is 19.8 Å². The highest BCUT2D eigenvalue weighted by atomic mass is 79.9. The predicted molar refractivity (Wildman–Crippen MR) is 79.8 cm³/mol. The molecule has 1 N–H and O–H groups in total. The van der Waals surface area contributed by atoms with Crippen LogP contribution in [0.4, 0.5) is 0 Å². The Balaban J connectivity index is 2.56. The molecule has 1 aromatic heterocycles. The summed E-state index contributed by atoms with van der Waals surface area (Å²) in [5.41, 5.74) is 1.56. The van der Waals surface area contributed by atoms with Crippen molar-refractivity contribution in [3.8, 4) is 11.4 Å². The van der Waals surface area contributed by atoms with Crippen LogP contribution in [0, 0.1) is 0 Å². The maximum Gasteiger partial charge on any atom is 0.251 e. The van der Waals surface area contributed by atoms with Crippen molar-refractivity contribution in [3.05, 3.63) is 49.3 Å². The van der Waals surface area contributed by atoms with Crippen molar-refractivity contribution in [1.82, 2.24) is 9.97 Å². The molecule has 2 aromatic rings. The molecule has 0 amide bonds. The van der Waals surface area contributed by atoms with E-state index in [1.165, 1.54) is 0 Å². The number of aromatic amines is 1. The molecule has 0 bridgehead atoms. The number of H-pyrrole nitrogens is 1. The molecule has 0 aliphatic rings. The Labute approximate surface area is 122 Å². The third-order valence-electron chi connectivity index (χ3n) is 2.55. The standard InChI is InChI=1S/C13H12Br2N2O/c1-7(2)11-6-12(18)17-13(16-11)8-3-4-9(14)10(15)5-8/h3-7H,1-2H3,(H,16,17,18). The molecule has 0 radical (unpaired) electrons. The lowest BCUT2D eigenvalue weighted by Crippen LogP contribution is -2.11. The van der Waals surface area contributed by atoms with Crippen molar-refractivity contribution in [2.75, 3.05) is 0 Å². The third kappa shape index (κ3) is 2.90. The van der Waals surface area contributed by atoms with Crippen LogP contribution in [-0.2, 0) is 0 Å². The fourth-order valence-electron chi connectivity index (χ4n) is 1.55. The van der Waals surface area contributed by atoms with Gasteiger partial charge in [0.2, 0.25) is 0 Å². The first-order valence-electron chi connectivity index (χ1n) is 5.54. The molecule has 0 unspecified atom stereocenters. The Morgan fingerprint density at radius 2 is 1.89 bits per heavy atom. The van der Waals surface area contributed by atoms with Gasteiger partial charge >= 0.3 is 0 Å². The Morgan fingerprint density at radius 3 is 2.50 bits per heavy atom. The number of benzene rings is 1. The normalized spacial score (nSPS) is 10.9. The predicted octanol–water partition coefficient (Wildman–Crippen LogP) is 4.09. The molecule has 0 aliphatic carbocycles. The third-order valence-corrected chi connectivity index (χ3v) is 4.43. The van der Waals surface area contributed by atoms with Gasteiger partial charge in [-0.05, 0) is 49.9 Å². The molecular formula is C13H12Br2N2O. The second-order valence-electron chi connectivity index (χ2n) is 4.30. The summed E-state index contributed by atoms with van der Waals surface area (Å²) in [4.78, 5) is 18.9. The number of hydrogen-bond acceptors (Lipinski definition) is 2. The summed E-state index contributed by atoms with van der Waals surface area (Å²) in [6.45, 7) is 4.03. The van der Waals surface area contributed by atoms with Crippen LogP contribution in [0.15, 0.2) is 38.0 Å². The molecule has 1 heterocycles. The van der Waals surface area contributed by atoms with Crippen molar-refractivity contribution >= 4 is 31.9 Å². The molecule has 0 saturated carbocycles. The summed E-state index contributed by atoms with van der Waals surface area (Å²) in [5, 5.41) is 0. The fraction of sp³-hybridized carbons (Fsp3) is 0.231. The van der Waals surface area contributed by atoms with Crippen molar-refractivity contribution in [1.29, 1.82) is 0 Å². The lowest BCUT2D eigenvalue weighted by atomic mass is 10.1. The summed E-state index contributed by atoms with van der Waals surface area (Å²) >= 11 is 6.86. The van der Waals surface area contributed by atoms with E-state index in [2.05, 4.69) is 41.8 Å². The van der Waals surface area contributed by atoms with Gasteiger partial charge in [0.15, 0.2) is 0 Å². The molecule has 0 spiro atoms. The minimum absolute atomic E-state index is 0.122. The van der Waals surface area contributed by atoms with Gasteiger partial charge in [0, 0.05) is 20.6 Å². The highest BCUT2D eigenvalue weighted by Crippen LogP contribution is 2.27. The van der Waals surface area contributed by atoms with Crippen LogP contribution in [-0.4, -0.2) is 9.97 Å². The van der Waals surface area contributed by atoms with Crippen LogP contribution in [0.2, 0.25) is 0 Å². The topological polar surface area (TPSA) is 45.8 Å². The lowest BCUT2D eigenvalue weighted by Gasteiger charge is -2.07. The highest BCUT2D eigenvalue weighted by Gasteiger charge is 2.08. The summed E-state index contributed by atoms with van der Waals surface area (Å²) in [5.74, 6) is 0.823. The van der Waals surface area contributed by atoms with Crippen LogP contribution in [0.25, 0.3) is 11.4 Å². The SMILES string of the molecule is CC(C)c1cc(=O)[nH]c(-c2ccc(Br)c(Br)c2)n1. The molecule has 3 nitrogen and oxygen atoms in total. The van der Waals surface area contributed by atoms with Crippen molar-refractivity contribution in [3.63, 3.8) is 0 Å². The molecule has 94 valence electrons. The maximum atomic E-state index is 11.6. The van der Waals surface area contributed by atoms with Gasteiger partial charge in [-0.1, -0.05) is 19.9 Å². The van der Waals surface area contributed by atoms with Gasteiger partial charge in [0.05, 0.1) is 5.69 Å². The summed E-state index contributed by atoms with van der Waals surface area (Å²) < 4.78 is 1.89. The number of rotatable bonds is 2. The zero-order chi connectivity index (χ0) is 13.3. The Bertz CT molecular complexity index is 635. The quantitative estimate of drug-likeness (QED) is 0.864. The molecule has 0 saturated heterocycles. The average Bonchev–Trinajstić information content (AvgIpc) is 2.31. The maximum absolute atomic E-state index is 11.6. The van der Waals surface area contributed by atoms with Gasteiger partial charge in [-0.15, -0.1) is 0 Å². The van der Waals surface area contributed by atoms with E-state index in [4.69, 9.17) is 0 Å². The monoisotopic (exact) mass is 370 g/mol. The minimum Gasteiger partial charge on any atom is -0.307 e. The number of nitrogens with zero attached hydrogens (tertiary/aromatic N) is 1. The first kappa shape index (κ1) is 13.5. The Kier molecular flexibility index (Phi) is 4.02.